The lowest BCUT2D eigenvalue weighted by atomic mass is 10.2. The van der Waals surface area contributed by atoms with Crippen molar-refractivity contribution in [3.05, 3.63) is 27.3 Å². The molecular weight excluding hydrogens is 255 g/mol. The summed E-state index contributed by atoms with van der Waals surface area (Å²) in [6.07, 6.45) is 0. The van der Waals surface area contributed by atoms with Gasteiger partial charge in [-0.05, 0) is 40.8 Å². The highest BCUT2D eigenvalue weighted by molar-refractivity contribution is 14.1. The van der Waals surface area contributed by atoms with Crippen LogP contribution in [0.3, 0.4) is 0 Å². The topological polar surface area (TPSA) is 29.5 Å². The Morgan fingerprint density at radius 1 is 1.55 bits per heavy atom. The quantitative estimate of drug-likeness (QED) is 0.829. The maximum atomic E-state index is 9.28. The highest BCUT2D eigenvalue weighted by atomic mass is 127. The minimum absolute atomic E-state index is 0.298. The van der Waals surface area contributed by atoms with E-state index in [0.29, 0.717) is 12.4 Å². The molecule has 0 aliphatic rings. The van der Waals surface area contributed by atoms with E-state index in [9.17, 15) is 5.11 Å². The van der Waals surface area contributed by atoms with Crippen LogP contribution in [-0.4, -0.2) is 12.2 Å². The molecule has 11 heavy (non-hydrogen) atoms. The number of methoxy groups -OCH3 is 1. The van der Waals surface area contributed by atoms with Crippen molar-refractivity contribution >= 4 is 22.6 Å². The number of aromatic hydroxyl groups is 1. The lowest BCUT2D eigenvalue weighted by Gasteiger charge is -2.02. The van der Waals surface area contributed by atoms with Crippen molar-refractivity contribution in [2.24, 2.45) is 0 Å². The van der Waals surface area contributed by atoms with Crippen LogP contribution < -0.4 is 0 Å². The van der Waals surface area contributed by atoms with Crippen molar-refractivity contribution in [1.29, 1.82) is 0 Å². The van der Waals surface area contributed by atoms with E-state index in [2.05, 4.69) is 22.6 Å². The zero-order valence-electron chi connectivity index (χ0n) is 6.17. The minimum atomic E-state index is 0.298. The number of phenolic OH excluding ortho intramolecular Hbond substituents is 1. The molecule has 1 aromatic rings. The predicted molar refractivity (Wildman–Crippen MR) is 51.5 cm³/mol. The molecule has 0 aromatic heterocycles. The minimum Gasteiger partial charge on any atom is -0.508 e. The summed E-state index contributed by atoms with van der Waals surface area (Å²) >= 11 is 2.20. The van der Waals surface area contributed by atoms with E-state index in [-0.39, 0.29) is 0 Å². The van der Waals surface area contributed by atoms with E-state index >= 15 is 0 Å². The van der Waals surface area contributed by atoms with E-state index in [0.717, 1.165) is 9.13 Å². The normalized spacial score (nSPS) is 10.0. The number of phenols is 1. The highest BCUT2D eigenvalue weighted by Crippen LogP contribution is 2.19. The summed E-state index contributed by atoms with van der Waals surface area (Å²) in [6, 6.07) is 5.44. The molecule has 0 aliphatic heterocycles. The zero-order chi connectivity index (χ0) is 8.27. The summed E-state index contributed by atoms with van der Waals surface area (Å²) in [5, 5.41) is 9.28. The summed E-state index contributed by atoms with van der Waals surface area (Å²) in [4.78, 5) is 0. The van der Waals surface area contributed by atoms with Gasteiger partial charge in [-0.1, -0.05) is 0 Å². The second-order valence-electron chi connectivity index (χ2n) is 2.21. The average Bonchev–Trinajstić information content (AvgIpc) is 1.98. The van der Waals surface area contributed by atoms with Gasteiger partial charge in [0.1, 0.15) is 5.75 Å². The van der Waals surface area contributed by atoms with Gasteiger partial charge in [0.15, 0.2) is 0 Å². The third-order valence-corrected chi connectivity index (χ3v) is 2.01. The van der Waals surface area contributed by atoms with Crippen LogP contribution in [0.1, 0.15) is 5.56 Å². The fourth-order valence-corrected chi connectivity index (χ4v) is 1.38. The molecule has 60 valence electrons. The second kappa shape index (κ2) is 3.92. The van der Waals surface area contributed by atoms with Crippen LogP contribution in [0.4, 0.5) is 0 Å². The van der Waals surface area contributed by atoms with Gasteiger partial charge in [-0.3, -0.25) is 0 Å². The summed E-state index contributed by atoms with van der Waals surface area (Å²) in [5.74, 6) is 0.298. The highest BCUT2D eigenvalue weighted by Gasteiger charge is 1.99. The lowest BCUT2D eigenvalue weighted by molar-refractivity contribution is 0.182. The standard InChI is InChI=1S/C8H9IO2/c1-11-5-6-4-7(9)2-3-8(6)10/h2-4,10H,5H2,1H3. The Bertz CT molecular complexity index is 248. The molecule has 1 rings (SSSR count). The molecule has 0 aliphatic carbocycles. The van der Waals surface area contributed by atoms with Crippen LogP contribution in [0, 0.1) is 3.57 Å². The van der Waals surface area contributed by atoms with Crippen LogP contribution in [-0.2, 0) is 11.3 Å². The molecule has 1 N–H and O–H groups in total. The Morgan fingerprint density at radius 2 is 2.27 bits per heavy atom. The number of hydrogen-bond donors (Lipinski definition) is 1. The van der Waals surface area contributed by atoms with Crippen molar-refractivity contribution in [3.8, 4) is 5.75 Å². The first-order valence-electron chi connectivity index (χ1n) is 3.20. The molecular formula is C8H9IO2. The predicted octanol–water partition coefficient (Wildman–Crippen LogP) is 2.14. The Kier molecular flexibility index (Phi) is 3.14. The second-order valence-corrected chi connectivity index (χ2v) is 3.45. The number of ether oxygens (including phenoxy) is 1. The van der Waals surface area contributed by atoms with Gasteiger partial charge in [0.2, 0.25) is 0 Å². The number of benzene rings is 1. The average molecular weight is 264 g/mol. The number of halogens is 1. The van der Waals surface area contributed by atoms with Gasteiger partial charge < -0.3 is 9.84 Å². The molecule has 0 unspecified atom stereocenters. The van der Waals surface area contributed by atoms with Crippen LogP contribution in [0.25, 0.3) is 0 Å². The molecule has 0 saturated carbocycles. The molecule has 2 nitrogen and oxygen atoms in total. The molecule has 0 saturated heterocycles. The molecule has 0 bridgehead atoms. The van der Waals surface area contributed by atoms with Crippen molar-refractivity contribution < 1.29 is 9.84 Å². The Hall–Kier alpha value is -0.290. The van der Waals surface area contributed by atoms with E-state index in [4.69, 9.17) is 4.74 Å². The van der Waals surface area contributed by atoms with Crippen LogP contribution in [0.15, 0.2) is 18.2 Å². The Balaban J connectivity index is 2.93. The van der Waals surface area contributed by atoms with Crippen LogP contribution in [0.5, 0.6) is 5.75 Å². The summed E-state index contributed by atoms with van der Waals surface area (Å²) in [7, 11) is 1.61. The van der Waals surface area contributed by atoms with E-state index in [1.165, 1.54) is 0 Å². The van der Waals surface area contributed by atoms with Gasteiger partial charge in [-0.25, -0.2) is 0 Å². The first kappa shape index (κ1) is 8.80. The third kappa shape index (κ3) is 2.34. The molecule has 0 atom stereocenters. The maximum absolute atomic E-state index is 9.28. The van der Waals surface area contributed by atoms with Gasteiger partial charge in [-0.15, -0.1) is 0 Å². The van der Waals surface area contributed by atoms with Crippen molar-refractivity contribution in [2.45, 2.75) is 6.61 Å². The van der Waals surface area contributed by atoms with Gasteiger partial charge in [0.05, 0.1) is 6.61 Å². The molecule has 0 radical (unpaired) electrons. The Labute approximate surface area is 79.3 Å². The first-order valence-corrected chi connectivity index (χ1v) is 4.28. The van der Waals surface area contributed by atoms with Crippen LogP contribution >= 0.6 is 22.6 Å². The fourth-order valence-electron chi connectivity index (χ4n) is 0.825. The monoisotopic (exact) mass is 264 g/mol. The molecule has 1 aromatic carbocycles. The third-order valence-electron chi connectivity index (χ3n) is 1.34. The number of rotatable bonds is 2. The smallest absolute Gasteiger partial charge is 0.121 e. The lowest BCUT2D eigenvalue weighted by Crippen LogP contribution is -1.88. The molecule has 0 heterocycles. The van der Waals surface area contributed by atoms with E-state index in [1.807, 2.05) is 12.1 Å². The van der Waals surface area contributed by atoms with Crippen molar-refractivity contribution in [3.63, 3.8) is 0 Å². The fraction of sp³-hybridized carbons (Fsp3) is 0.250. The Morgan fingerprint density at radius 3 is 2.91 bits per heavy atom. The molecule has 0 fully saturated rings. The number of hydrogen-bond acceptors (Lipinski definition) is 2. The summed E-state index contributed by atoms with van der Waals surface area (Å²) in [5.41, 5.74) is 0.833. The largest absolute Gasteiger partial charge is 0.508 e. The van der Waals surface area contributed by atoms with Crippen molar-refractivity contribution in [1.82, 2.24) is 0 Å². The van der Waals surface area contributed by atoms with Gasteiger partial charge in [-0.2, -0.15) is 0 Å². The zero-order valence-corrected chi connectivity index (χ0v) is 8.33. The first-order chi connectivity index (χ1) is 5.24. The SMILES string of the molecule is COCc1cc(I)ccc1O. The van der Waals surface area contributed by atoms with Gasteiger partial charge in [0.25, 0.3) is 0 Å². The summed E-state index contributed by atoms with van der Waals surface area (Å²) in [6.45, 7) is 0.461. The molecule has 0 amide bonds. The van der Waals surface area contributed by atoms with Crippen molar-refractivity contribution in [2.75, 3.05) is 7.11 Å². The van der Waals surface area contributed by atoms with E-state index in [1.54, 1.807) is 13.2 Å². The van der Waals surface area contributed by atoms with E-state index < -0.39 is 0 Å². The van der Waals surface area contributed by atoms with Crippen LogP contribution in [0.2, 0.25) is 0 Å². The van der Waals surface area contributed by atoms with Gasteiger partial charge >= 0.3 is 0 Å². The summed E-state index contributed by atoms with van der Waals surface area (Å²) < 4.78 is 6.00. The molecule has 0 spiro atoms. The van der Waals surface area contributed by atoms with Gasteiger partial charge in [0, 0.05) is 16.2 Å². The maximum Gasteiger partial charge on any atom is 0.121 e. The molecule has 3 heteroatoms.